The third kappa shape index (κ3) is 3.10. The average molecular weight is 308 g/mol. The maximum absolute atomic E-state index is 12.8. The van der Waals surface area contributed by atoms with E-state index in [1.807, 2.05) is 0 Å². The molecule has 0 bridgehead atoms. The van der Waals surface area contributed by atoms with Gasteiger partial charge in [-0.05, 0) is 26.1 Å². The highest BCUT2D eigenvalue weighted by molar-refractivity contribution is 7.93. The Bertz CT molecular complexity index is 606. The van der Waals surface area contributed by atoms with Gasteiger partial charge in [-0.2, -0.15) is 0 Å². The van der Waals surface area contributed by atoms with Gasteiger partial charge in [-0.25, -0.2) is 8.42 Å². The van der Waals surface area contributed by atoms with Crippen LogP contribution in [0.2, 0.25) is 0 Å². The molecule has 1 atom stereocenters. The van der Waals surface area contributed by atoms with Crippen molar-refractivity contribution < 1.29 is 26.7 Å². The molecule has 0 spiro atoms. The van der Waals surface area contributed by atoms with E-state index in [1.54, 1.807) is 7.05 Å². The third-order valence-electron chi connectivity index (χ3n) is 2.68. The molecule has 6 nitrogen and oxygen atoms in total. The topological polar surface area (TPSA) is 76.7 Å². The summed E-state index contributed by atoms with van der Waals surface area (Å²) in [5, 5.41) is 2.07. The van der Waals surface area contributed by atoms with E-state index >= 15 is 0 Å². The zero-order chi connectivity index (χ0) is 15.0. The monoisotopic (exact) mass is 308 g/mol. The molecule has 2 rings (SSSR count). The lowest BCUT2D eigenvalue weighted by Gasteiger charge is -2.14. The molecule has 1 aromatic rings. The van der Waals surface area contributed by atoms with Crippen LogP contribution in [-0.4, -0.2) is 33.6 Å². The van der Waals surface area contributed by atoms with Crippen LogP contribution >= 0.6 is 0 Å². The summed E-state index contributed by atoms with van der Waals surface area (Å²) in [5.41, 5.74) is 0.132. The smallest absolute Gasteiger partial charge is 0.395 e. The van der Waals surface area contributed by atoms with Crippen LogP contribution in [0.1, 0.15) is 6.92 Å². The summed E-state index contributed by atoms with van der Waals surface area (Å²) in [4.78, 5) is 0. The SMILES string of the molecule is CNCC(C)S(=O)(=O)Nc1ccc2c(c1)OC(F)(F)O2. The number of ether oxygens (including phenoxy) is 2. The Hall–Kier alpha value is -1.61. The Kier molecular flexibility index (Phi) is 3.74. The van der Waals surface area contributed by atoms with E-state index in [9.17, 15) is 17.2 Å². The Morgan fingerprint density at radius 1 is 1.30 bits per heavy atom. The van der Waals surface area contributed by atoms with E-state index in [-0.39, 0.29) is 23.7 Å². The van der Waals surface area contributed by atoms with Gasteiger partial charge in [0.15, 0.2) is 11.5 Å². The number of hydrogen-bond donors (Lipinski definition) is 2. The second kappa shape index (κ2) is 5.06. The highest BCUT2D eigenvalue weighted by atomic mass is 32.2. The molecule has 2 N–H and O–H groups in total. The van der Waals surface area contributed by atoms with Gasteiger partial charge in [0, 0.05) is 12.6 Å². The van der Waals surface area contributed by atoms with Gasteiger partial charge in [0.05, 0.1) is 10.9 Å². The average Bonchev–Trinajstić information content (AvgIpc) is 2.62. The summed E-state index contributed by atoms with van der Waals surface area (Å²) in [6, 6.07) is 3.70. The van der Waals surface area contributed by atoms with E-state index in [4.69, 9.17) is 0 Å². The maximum Gasteiger partial charge on any atom is 0.586 e. The van der Waals surface area contributed by atoms with Crippen LogP contribution in [0.5, 0.6) is 11.5 Å². The number of benzene rings is 1. The van der Waals surface area contributed by atoms with Crippen molar-refractivity contribution in [2.24, 2.45) is 0 Å². The molecule has 0 radical (unpaired) electrons. The first-order valence-corrected chi connectivity index (χ1v) is 7.34. The van der Waals surface area contributed by atoms with E-state index < -0.39 is 21.6 Å². The minimum absolute atomic E-state index is 0.132. The van der Waals surface area contributed by atoms with Crippen LogP contribution in [0.25, 0.3) is 0 Å². The van der Waals surface area contributed by atoms with Gasteiger partial charge >= 0.3 is 6.29 Å². The first kappa shape index (κ1) is 14.8. The summed E-state index contributed by atoms with van der Waals surface area (Å²) in [5.74, 6) is -0.349. The minimum atomic E-state index is -3.72. The molecular formula is C11H14F2N2O4S. The number of alkyl halides is 2. The predicted molar refractivity (Wildman–Crippen MR) is 68.6 cm³/mol. The van der Waals surface area contributed by atoms with Crippen molar-refractivity contribution in [3.05, 3.63) is 18.2 Å². The Morgan fingerprint density at radius 2 is 1.95 bits per heavy atom. The molecule has 0 saturated heterocycles. The lowest BCUT2D eigenvalue weighted by molar-refractivity contribution is -0.286. The van der Waals surface area contributed by atoms with Crippen molar-refractivity contribution in [2.45, 2.75) is 18.5 Å². The number of nitrogens with one attached hydrogen (secondary N) is 2. The van der Waals surface area contributed by atoms with Gasteiger partial charge < -0.3 is 14.8 Å². The van der Waals surface area contributed by atoms with Crippen molar-refractivity contribution in [2.75, 3.05) is 18.3 Å². The number of rotatable bonds is 5. The van der Waals surface area contributed by atoms with Gasteiger partial charge in [0.2, 0.25) is 10.0 Å². The number of sulfonamides is 1. The van der Waals surface area contributed by atoms with Crippen molar-refractivity contribution in [1.29, 1.82) is 0 Å². The molecular weight excluding hydrogens is 294 g/mol. The van der Waals surface area contributed by atoms with Gasteiger partial charge in [-0.15, -0.1) is 8.78 Å². The summed E-state index contributed by atoms with van der Waals surface area (Å²) in [6.07, 6.45) is -3.72. The predicted octanol–water partition coefficient (Wildman–Crippen LogP) is 1.36. The number of fused-ring (bicyclic) bond motifs is 1. The second-order valence-electron chi connectivity index (χ2n) is 4.34. The number of anilines is 1. The summed E-state index contributed by atoms with van der Waals surface area (Å²) in [7, 11) is -1.98. The second-order valence-corrected chi connectivity index (χ2v) is 6.44. The molecule has 0 amide bonds. The van der Waals surface area contributed by atoms with Gasteiger partial charge in [0.1, 0.15) is 0 Å². The fourth-order valence-electron chi connectivity index (χ4n) is 1.67. The molecule has 0 saturated carbocycles. The third-order valence-corrected chi connectivity index (χ3v) is 4.43. The van der Waals surface area contributed by atoms with Crippen molar-refractivity contribution in [3.63, 3.8) is 0 Å². The Balaban J connectivity index is 2.17. The Morgan fingerprint density at radius 3 is 2.60 bits per heavy atom. The van der Waals surface area contributed by atoms with E-state index in [1.165, 1.54) is 19.1 Å². The van der Waals surface area contributed by atoms with Crippen LogP contribution in [0.4, 0.5) is 14.5 Å². The van der Waals surface area contributed by atoms with Crippen molar-refractivity contribution in [1.82, 2.24) is 5.32 Å². The van der Waals surface area contributed by atoms with Crippen molar-refractivity contribution in [3.8, 4) is 11.5 Å². The molecule has 1 unspecified atom stereocenters. The van der Waals surface area contributed by atoms with Crippen LogP contribution in [0.3, 0.4) is 0 Å². The van der Waals surface area contributed by atoms with Gasteiger partial charge in [-0.1, -0.05) is 0 Å². The van der Waals surface area contributed by atoms with Crippen LogP contribution in [-0.2, 0) is 10.0 Å². The lowest BCUT2D eigenvalue weighted by Crippen LogP contribution is -2.33. The molecule has 0 aromatic heterocycles. The molecule has 0 aliphatic carbocycles. The van der Waals surface area contributed by atoms with Crippen LogP contribution in [0, 0.1) is 0 Å². The highest BCUT2D eigenvalue weighted by Gasteiger charge is 2.43. The molecule has 1 aromatic carbocycles. The number of halogens is 2. The van der Waals surface area contributed by atoms with E-state index in [0.29, 0.717) is 0 Å². The van der Waals surface area contributed by atoms with Gasteiger partial charge in [-0.3, -0.25) is 4.72 Å². The molecule has 20 heavy (non-hydrogen) atoms. The zero-order valence-electron chi connectivity index (χ0n) is 10.8. The minimum Gasteiger partial charge on any atom is -0.395 e. The standard InChI is InChI=1S/C11H14F2N2O4S/c1-7(6-14-2)20(16,17)15-8-3-4-9-10(5-8)19-11(12,13)18-9/h3-5,7,14-15H,6H2,1-2H3. The highest BCUT2D eigenvalue weighted by Crippen LogP contribution is 2.42. The molecule has 112 valence electrons. The summed E-state index contributed by atoms with van der Waals surface area (Å²) >= 11 is 0. The summed E-state index contributed by atoms with van der Waals surface area (Å²) in [6.45, 7) is 1.79. The quantitative estimate of drug-likeness (QED) is 0.859. The normalized spacial score (nSPS) is 17.8. The van der Waals surface area contributed by atoms with Crippen molar-refractivity contribution >= 4 is 15.7 Å². The maximum atomic E-state index is 12.8. The number of hydrogen-bond acceptors (Lipinski definition) is 5. The van der Waals surface area contributed by atoms with Crippen LogP contribution in [0.15, 0.2) is 18.2 Å². The zero-order valence-corrected chi connectivity index (χ0v) is 11.6. The van der Waals surface area contributed by atoms with Gasteiger partial charge in [0.25, 0.3) is 0 Å². The molecule has 0 fully saturated rings. The first-order valence-electron chi connectivity index (χ1n) is 5.79. The molecule has 1 aliphatic rings. The fourth-order valence-corrected chi connectivity index (χ4v) is 2.72. The van der Waals surface area contributed by atoms with E-state index in [0.717, 1.165) is 6.07 Å². The summed E-state index contributed by atoms with van der Waals surface area (Å²) < 4.78 is 60.4. The largest absolute Gasteiger partial charge is 0.586 e. The Labute approximate surface area is 115 Å². The van der Waals surface area contributed by atoms with E-state index in [2.05, 4.69) is 19.5 Å². The first-order chi connectivity index (χ1) is 9.23. The lowest BCUT2D eigenvalue weighted by atomic mass is 10.3. The molecule has 1 aliphatic heterocycles. The molecule has 1 heterocycles. The molecule has 9 heteroatoms. The fraction of sp³-hybridized carbons (Fsp3) is 0.455. The van der Waals surface area contributed by atoms with Crippen LogP contribution < -0.4 is 19.5 Å².